The lowest BCUT2D eigenvalue weighted by Crippen LogP contribution is -2.61. The number of pyridine rings is 1. The van der Waals surface area contributed by atoms with Gasteiger partial charge < -0.3 is 33.4 Å². The lowest BCUT2D eigenvalue weighted by atomic mass is 9.84. The molecule has 0 spiro atoms. The van der Waals surface area contributed by atoms with Gasteiger partial charge in [-0.3, -0.25) is 34.1 Å². The molecule has 3 aromatic heterocycles. The summed E-state index contributed by atoms with van der Waals surface area (Å²) in [6, 6.07) is 8.34. The van der Waals surface area contributed by atoms with Crippen molar-refractivity contribution in [1.82, 2.24) is 40.1 Å². The van der Waals surface area contributed by atoms with E-state index in [-0.39, 0.29) is 49.6 Å². The number of esters is 1. The first kappa shape index (κ1) is 49.3. The number of carbonyl (C=O) groups is 4. The van der Waals surface area contributed by atoms with E-state index in [1.165, 1.54) is 11.3 Å². The predicted molar refractivity (Wildman–Crippen MR) is 254 cm³/mol. The Morgan fingerprint density at radius 1 is 1.13 bits per heavy atom. The summed E-state index contributed by atoms with van der Waals surface area (Å²) in [6.07, 6.45) is 4.41. The summed E-state index contributed by atoms with van der Waals surface area (Å²) in [5.41, 5.74) is 8.27. The molecule has 67 heavy (non-hydrogen) atoms. The van der Waals surface area contributed by atoms with Gasteiger partial charge in [0, 0.05) is 73.4 Å². The van der Waals surface area contributed by atoms with Gasteiger partial charge >= 0.3 is 5.97 Å². The summed E-state index contributed by atoms with van der Waals surface area (Å²) in [5.74, 6) is 3.94. The number of hydrazine groups is 1. The second-order valence-electron chi connectivity index (χ2n) is 20.0. The van der Waals surface area contributed by atoms with Crippen LogP contribution in [0.15, 0.2) is 47.2 Å². The normalized spacial score (nSPS) is 20.2. The molecule has 2 fully saturated rings. The Morgan fingerprint density at radius 3 is 2.60 bits per heavy atom. The Balaban J connectivity index is 1.18. The van der Waals surface area contributed by atoms with Crippen LogP contribution in [0.4, 0.5) is 0 Å². The largest absolute Gasteiger partial charge is 0.464 e. The Hall–Kier alpha value is -5.60. The van der Waals surface area contributed by atoms with Crippen LogP contribution in [0.25, 0.3) is 33.6 Å². The van der Waals surface area contributed by atoms with Gasteiger partial charge in [0.15, 0.2) is 0 Å². The van der Waals surface area contributed by atoms with E-state index in [0.29, 0.717) is 57.0 Å². The summed E-state index contributed by atoms with van der Waals surface area (Å²) in [7, 11) is 5.51. The predicted octanol–water partition coefficient (Wildman–Crippen LogP) is 5.58. The molecule has 2 saturated heterocycles. The van der Waals surface area contributed by atoms with Gasteiger partial charge in [-0.25, -0.2) is 10.4 Å². The zero-order chi connectivity index (χ0) is 48.4. The Labute approximate surface area is 394 Å². The van der Waals surface area contributed by atoms with E-state index < -0.39 is 40.8 Å². The highest BCUT2D eigenvalue weighted by molar-refractivity contribution is 5.95. The minimum absolute atomic E-state index is 0.0257. The molecule has 1 aromatic carbocycles. The molecule has 16 nitrogen and oxygen atoms in total. The minimum Gasteiger partial charge on any atom is -0.464 e. The molecule has 4 atom stereocenters. The summed E-state index contributed by atoms with van der Waals surface area (Å²) in [5, 5.41) is 5.46. The van der Waals surface area contributed by atoms with Gasteiger partial charge in [0.05, 0.1) is 54.0 Å². The Bertz CT molecular complexity index is 2520. The molecule has 16 heteroatoms. The Kier molecular flexibility index (Phi) is 15.0. The maximum absolute atomic E-state index is 14.5. The van der Waals surface area contributed by atoms with Crippen LogP contribution in [0, 0.1) is 29.1 Å². The van der Waals surface area contributed by atoms with Gasteiger partial charge in [-0.15, -0.1) is 0 Å². The number of nitrogens with one attached hydrogen (secondary N) is 2. The molecule has 360 valence electrons. The molecule has 6 heterocycles. The third-order valence-electron chi connectivity index (χ3n) is 13.5. The van der Waals surface area contributed by atoms with Crippen LogP contribution in [0.2, 0.25) is 0 Å². The molecular weight excluding hydrogens is 853 g/mol. The number of ether oxygens (including phenoxy) is 3. The highest BCUT2D eigenvalue weighted by Gasteiger charge is 2.38. The molecule has 2 N–H and O–H groups in total. The molecule has 3 aliphatic rings. The number of aromatic nitrogens is 3. The number of amides is 3. The second-order valence-corrected chi connectivity index (χ2v) is 20.0. The van der Waals surface area contributed by atoms with E-state index in [4.69, 9.17) is 28.6 Å². The molecule has 0 aliphatic carbocycles. The van der Waals surface area contributed by atoms with Gasteiger partial charge in [0.25, 0.3) is 11.8 Å². The van der Waals surface area contributed by atoms with Crippen LogP contribution in [0.5, 0.6) is 0 Å². The van der Waals surface area contributed by atoms with Gasteiger partial charge in [-0.1, -0.05) is 33.6 Å². The Morgan fingerprint density at radius 2 is 1.90 bits per heavy atom. The van der Waals surface area contributed by atoms with Crippen molar-refractivity contribution in [3.05, 3.63) is 59.7 Å². The maximum Gasteiger partial charge on any atom is 0.324 e. The lowest BCUT2D eigenvalue weighted by Gasteiger charge is -2.38. The fourth-order valence-electron chi connectivity index (χ4n) is 8.76. The van der Waals surface area contributed by atoms with E-state index in [1.807, 2.05) is 65.7 Å². The first-order valence-corrected chi connectivity index (χ1v) is 23.5. The standard InChI is InChI=1S/C51H68N8O8/c1-12-58-42-18-17-33-23-37(42)38(45(58)36-15-13-21-52-44(36)32(4)64-11)25-50(5,6)30-67-49(63)40-16-14-22-59(55-40)48(62)41(24-34-28-66-47(33)53-34)54-46(61)39(31(2)3)29-65-35-26-57(27-35)43(60)19-20-51(7,8)56(9)10/h13,15,17-18,21,23,28,31-32,35,39-41,55H,12,14,16,22,24-27,29-30H2,1-11H3,(H,54,61)/t32-,39?,40-,41-/m0/s1. The van der Waals surface area contributed by atoms with Gasteiger partial charge in [-0.05, 0) is 109 Å². The van der Waals surface area contributed by atoms with Crippen LogP contribution in [-0.2, 0) is 52.8 Å². The van der Waals surface area contributed by atoms with E-state index in [9.17, 15) is 19.2 Å². The summed E-state index contributed by atoms with van der Waals surface area (Å²) < 4.78 is 26.5. The number of hydrogen-bond acceptors (Lipinski definition) is 12. The second kappa shape index (κ2) is 20.3. The number of nitrogens with zero attached hydrogens (tertiary/aromatic N) is 6. The van der Waals surface area contributed by atoms with Gasteiger partial charge in [0.1, 0.15) is 18.3 Å². The minimum atomic E-state index is -1.06. The van der Waals surface area contributed by atoms with Crippen molar-refractivity contribution in [2.45, 2.75) is 117 Å². The van der Waals surface area contributed by atoms with Crippen molar-refractivity contribution < 1.29 is 37.8 Å². The number of oxazole rings is 1. The molecule has 0 saturated carbocycles. The zero-order valence-corrected chi connectivity index (χ0v) is 41.0. The number of cyclic esters (lactones) is 1. The van der Waals surface area contributed by atoms with Crippen LogP contribution >= 0.6 is 0 Å². The zero-order valence-electron chi connectivity index (χ0n) is 41.0. The number of likely N-dealkylation sites (tertiary alicyclic amines) is 1. The van der Waals surface area contributed by atoms with E-state index >= 15 is 0 Å². The molecular formula is C51H68N8O8. The fraction of sp³-hybridized carbons (Fsp3) is 0.569. The van der Waals surface area contributed by atoms with Gasteiger partial charge in [-0.2, -0.15) is 0 Å². The number of fused-ring (bicyclic) bond motifs is 6. The average Bonchev–Trinajstić information content (AvgIpc) is 3.88. The smallest absolute Gasteiger partial charge is 0.324 e. The van der Waals surface area contributed by atoms with Crippen LogP contribution in [-0.4, -0.2) is 131 Å². The molecule has 4 aromatic rings. The molecule has 7 rings (SSSR count). The monoisotopic (exact) mass is 921 g/mol. The summed E-state index contributed by atoms with van der Waals surface area (Å²) in [4.78, 5) is 68.7. The first-order chi connectivity index (χ1) is 31.8. The number of rotatable bonds is 11. The maximum atomic E-state index is 14.5. The molecule has 3 amide bonds. The molecule has 0 radical (unpaired) electrons. The number of carbonyl (C=O) groups excluding carboxylic acids is 4. The SMILES string of the molecule is CCn1c(-c2cccnc2[C@H](C)OC)c2c3cc(ccc31)-c1nc(co1)C[C@H](NC(=O)C(COC1CN(C(=O)C#CC(C)(C)N(C)C)C1)C(C)C)C(=O)N1CCC[C@H](N1)C(=O)OCC(C)(C)C2. The van der Waals surface area contributed by atoms with Crippen LogP contribution in [0.1, 0.15) is 91.3 Å². The van der Waals surface area contributed by atoms with Crippen molar-refractivity contribution in [1.29, 1.82) is 0 Å². The van der Waals surface area contributed by atoms with E-state index in [1.54, 1.807) is 18.2 Å². The van der Waals surface area contributed by atoms with Crippen LogP contribution in [0.3, 0.4) is 0 Å². The molecule has 3 aliphatic heterocycles. The highest BCUT2D eigenvalue weighted by Crippen LogP contribution is 2.42. The number of methoxy groups -OCH3 is 1. The van der Waals surface area contributed by atoms with Crippen molar-refractivity contribution >= 4 is 34.6 Å². The molecule has 6 bridgehead atoms. The van der Waals surface area contributed by atoms with Crippen molar-refractivity contribution in [3.8, 4) is 34.6 Å². The van der Waals surface area contributed by atoms with Crippen LogP contribution < -0.4 is 10.7 Å². The first-order valence-electron chi connectivity index (χ1n) is 23.5. The fourth-order valence-corrected chi connectivity index (χ4v) is 8.76. The number of hydrogen-bond donors (Lipinski definition) is 2. The van der Waals surface area contributed by atoms with Crippen molar-refractivity contribution in [2.24, 2.45) is 17.3 Å². The average molecular weight is 921 g/mol. The van der Waals surface area contributed by atoms with E-state index in [0.717, 1.165) is 39.0 Å². The third-order valence-corrected chi connectivity index (χ3v) is 13.5. The number of benzene rings is 1. The van der Waals surface area contributed by atoms with Crippen molar-refractivity contribution in [3.63, 3.8) is 0 Å². The van der Waals surface area contributed by atoms with E-state index in [2.05, 4.69) is 66.1 Å². The number of aryl methyl sites for hydroxylation is 1. The molecule has 1 unspecified atom stereocenters. The lowest BCUT2D eigenvalue weighted by molar-refractivity contribution is -0.155. The summed E-state index contributed by atoms with van der Waals surface area (Å²) in [6.45, 7) is 18.0. The van der Waals surface area contributed by atoms with Gasteiger partial charge in [0.2, 0.25) is 11.8 Å². The summed E-state index contributed by atoms with van der Waals surface area (Å²) >= 11 is 0. The third kappa shape index (κ3) is 10.9. The topological polar surface area (TPSA) is 174 Å². The quantitative estimate of drug-likeness (QED) is 0.142. The highest BCUT2D eigenvalue weighted by atomic mass is 16.5. The van der Waals surface area contributed by atoms with Crippen molar-refractivity contribution in [2.75, 3.05) is 54.1 Å².